The number of fused-ring (bicyclic) bond motifs is 3. The average molecular weight is 577 g/mol. The Hall–Kier alpha value is -0.313. The maximum atomic E-state index is 2.72. The second-order valence-electron chi connectivity index (χ2n) is 11.4. The molecule has 1 fully saturated rings. The van der Waals surface area contributed by atoms with Crippen molar-refractivity contribution >= 4 is 33.0 Å². The van der Waals surface area contributed by atoms with Gasteiger partial charge in [-0.3, -0.25) is 0 Å². The van der Waals surface area contributed by atoms with E-state index in [-0.39, 0.29) is 24.8 Å². The van der Waals surface area contributed by atoms with Crippen LogP contribution in [0.2, 0.25) is 39.3 Å². The molecule has 0 nitrogen and oxygen atoms in total. The van der Waals surface area contributed by atoms with Crippen molar-refractivity contribution in [1.82, 2.24) is 0 Å². The van der Waals surface area contributed by atoms with Gasteiger partial charge in [-0.05, 0) is 0 Å². The second kappa shape index (κ2) is 9.38. The summed E-state index contributed by atoms with van der Waals surface area (Å²) in [5.74, 6) is 0. The smallest absolute Gasteiger partial charge is 1.00 e. The van der Waals surface area contributed by atoms with Crippen LogP contribution in [-0.2, 0) is 27.7 Å². The normalized spacial score (nSPS) is 15.8. The molecule has 0 aliphatic heterocycles. The molecule has 0 amide bonds. The third-order valence-corrected chi connectivity index (χ3v) is 18.9. The molecule has 168 valence electrons. The SMILES string of the molecule is C[Si](C)(C)c1ccc2c(c1)-c1cc([Si](C)(C)C)c[c]([Zr+2]([C]3=CC=CC3)=[C]3CC3)c1C2.[Cl-].[Cl-]. The number of rotatable bonds is 4. The topological polar surface area (TPSA) is 0 Å². The van der Waals surface area contributed by atoms with Gasteiger partial charge in [0.05, 0.1) is 0 Å². The average Bonchev–Trinajstić information content (AvgIpc) is 3.21. The Morgan fingerprint density at radius 3 is 2.00 bits per heavy atom. The zero-order valence-electron chi connectivity index (χ0n) is 20.2. The van der Waals surface area contributed by atoms with E-state index in [0.29, 0.717) is 0 Å². The summed E-state index contributed by atoms with van der Waals surface area (Å²) >= 11 is -1.90. The fourth-order valence-electron chi connectivity index (χ4n) is 4.93. The molecule has 0 saturated heterocycles. The van der Waals surface area contributed by atoms with Crippen LogP contribution in [0.15, 0.2) is 51.8 Å². The predicted octanol–water partition coefficient (Wildman–Crippen LogP) is -0.590. The molecule has 32 heavy (non-hydrogen) atoms. The molecule has 0 aromatic heterocycles. The molecule has 0 spiro atoms. The number of hydrogen-bond donors (Lipinski definition) is 0. The summed E-state index contributed by atoms with van der Waals surface area (Å²) in [5.41, 5.74) is 6.45. The van der Waals surface area contributed by atoms with Gasteiger partial charge in [0, 0.05) is 0 Å². The minimum atomic E-state index is -1.90. The quantitative estimate of drug-likeness (QED) is 0.365. The first kappa shape index (κ1) is 26.3. The van der Waals surface area contributed by atoms with E-state index in [1.54, 1.807) is 32.6 Å². The minimum Gasteiger partial charge on any atom is -1.00 e. The van der Waals surface area contributed by atoms with Gasteiger partial charge in [-0.2, -0.15) is 0 Å². The predicted molar refractivity (Wildman–Crippen MR) is 136 cm³/mol. The van der Waals surface area contributed by atoms with Crippen LogP contribution < -0.4 is 38.5 Å². The first-order valence-electron chi connectivity index (χ1n) is 11.5. The van der Waals surface area contributed by atoms with Crippen LogP contribution in [0, 0.1) is 0 Å². The van der Waals surface area contributed by atoms with Crippen molar-refractivity contribution in [2.24, 2.45) is 0 Å². The van der Waals surface area contributed by atoms with E-state index in [0.717, 1.165) is 6.42 Å². The van der Waals surface area contributed by atoms with Crippen molar-refractivity contribution in [2.45, 2.75) is 65.0 Å². The van der Waals surface area contributed by atoms with Crippen LogP contribution in [0.25, 0.3) is 11.1 Å². The molecular weight excluding hydrogens is 543 g/mol. The molecule has 2 aromatic rings. The molecule has 0 N–H and O–H groups in total. The Kier molecular flexibility index (Phi) is 7.71. The van der Waals surface area contributed by atoms with Gasteiger partial charge in [0.15, 0.2) is 0 Å². The van der Waals surface area contributed by atoms with Crippen molar-refractivity contribution in [2.75, 3.05) is 0 Å². The van der Waals surface area contributed by atoms with Crippen LogP contribution >= 0.6 is 0 Å². The zero-order valence-corrected chi connectivity index (χ0v) is 26.2. The summed E-state index contributed by atoms with van der Waals surface area (Å²) in [5, 5.41) is 3.28. The van der Waals surface area contributed by atoms with E-state index < -0.39 is 37.4 Å². The molecule has 2 aromatic carbocycles. The number of halogens is 2. The Morgan fingerprint density at radius 2 is 1.44 bits per heavy atom. The molecule has 0 radical (unpaired) electrons. The van der Waals surface area contributed by atoms with Crippen LogP contribution in [0.4, 0.5) is 0 Å². The molecule has 3 aliphatic rings. The Balaban J connectivity index is 0.00000144. The maximum Gasteiger partial charge on any atom is -1.00 e. The van der Waals surface area contributed by atoms with Crippen molar-refractivity contribution in [3.8, 4) is 11.1 Å². The summed E-state index contributed by atoms with van der Waals surface area (Å²) < 4.78 is 5.61. The van der Waals surface area contributed by atoms with Crippen LogP contribution in [0.3, 0.4) is 0 Å². The second-order valence-corrected chi connectivity index (χ2v) is 28.0. The van der Waals surface area contributed by atoms with Crippen molar-refractivity contribution in [1.29, 1.82) is 0 Å². The molecule has 5 heteroatoms. The summed E-state index contributed by atoms with van der Waals surface area (Å²) in [4.78, 5) is 0. The van der Waals surface area contributed by atoms with Crippen molar-refractivity contribution in [3.05, 3.63) is 63.0 Å². The van der Waals surface area contributed by atoms with Crippen molar-refractivity contribution < 1.29 is 46.1 Å². The van der Waals surface area contributed by atoms with E-state index in [9.17, 15) is 0 Å². The minimum absolute atomic E-state index is 0. The van der Waals surface area contributed by atoms with Gasteiger partial charge in [0.25, 0.3) is 0 Å². The maximum absolute atomic E-state index is 2.72. The van der Waals surface area contributed by atoms with E-state index in [1.165, 1.54) is 19.3 Å². The first-order valence-corrected chi connectivity index (χ1v) is 22.2. The van der Waals surface area contributed by atoms with Crippen LogP contribution in [0.5, 0.6) is 0 Å². The summed E-state index contributed by atoms with van der Waals surface area (Å²) in [6.07, 6.45) is 12.4. The van der Waals surface area contributed by atoms with Crippen LogP contribution in [0.1, 0.15) is 30.4 Å². The van der Waals surface area contributed by atoms with Crippen LogP contribution in [-0.4, -0.2) is 19.4 Å². The molecule has 0 unspecified atom stereocenters. The fourth-order valence-corrected chi connectivity index (χ4v) is 15.5. The van der Waals surface area contributed by atoms with E-state index in [4.69, 9.17) is 0 Å². The third-order valence-electron chi connectivity index (χ3n) is 6.96. The molecular formula is C27H34Cl2Si2Zr. The largest absolute Gasteiger partial charge is 1.00 e. The molecule has 0 heterocycles. The molecule has 0 atom stereocenters. The zero-order chi connectivity index (χ0) is 21.3. The molecule has 0 bridgehead atoms. The van der Waals surface area contributed by atoms with Gasteiger partial charge in [0.2, 0.25) is 0 Å². The van der Waals surface area contributed by atoms with E-state index in [1.807, 2.05) is 9.76 Å². The molecule has 3 aliphatic carbocycles. The van der Waals surface area contributed by atoms with E-state index in [2.05, 4.69) is 87.8 Å². The van der Waals surface area contributed by atoms with Gasteiger partial charge in [-0.1, -0.05) is 0 Å². The van der Waals surface area contributed by atoms with Gasteiger partial charge in [-0.15, -0.1) is 0 Å². The van der Waals surface area contributed by atoms with Gasteiger partial charge in [0.1, 0.15) is 0 Å². The van der Waals surface area contributed by atoms with Gasteiger partial charge < -0.3 is 24.8 Å². The number of benzene rings is 2. The third kappa shape index (κ3) is 4.89. The fraction of sp³-hybridized carbons (Fsp3) is 0.370. The first-order chi connectivity index (χ1) is 14.1. The monoisotopic (exact) mass is 574 g/mol. The summed E-state index contributed by atoms with van der Waals surface area (Å²) in [7, 11) is -2.70. The molecule has 5 rings (SSSR count). The Morgan fingerprint density at radius 1 is 0.781 bits per heavy atom. The number of allylic oxidation sites excluding steroid dienone is 4. The Bertz CT molecular complexity index is 1160. The summed E-state index contributed by atoms with van der Waals surface area (Å²) in [6.45, 7) is 15.0. The number of hydrogen-bond acceptors (Lipinski definition) is 0. The standard InChI is InChI=1S/C19H25Si2.C5H5.C3H4.2ClH.Zr/c1-20(2,3)16-9-7-14-11-15-8-10-17(21(4,5)6)13-19(15)18(14)12-16;1-2-4-5-3-1;1-2-3-1;;;/h7,9-10,12-13H,11H2,1-6H3;1-3H,4H2;1-2H2;2*1H;/q;;;;;+2/p-2. The van der Waals surface area contributed by atoms with Gasteiger partial charge in [-0.25, -0.2) is 0 Å². The van der Waals surface area contributed by atoms with Gasteiger partial charge >= 0.3 is 193 Å². The van der Waals surface area contributed by atoms with Crippen molar-refractivity contribution in [3.63, 3.8) is 0 Å². The van der Waals surface area contributed by atoms with E-state index >= 15 is 0 Å². The summed E-state index contributed by atoms with van der Waals surface area (Å²) in [6, 6.07) is 12.8. The Labute approximate surface area is 216 Å². The molecule has 1 saturated carbocycles.